The molecule has 1 N–H and O–H groups in total. The molecule has 31 heavy (non-hydrogen) atoms. The van der Waals surface area contributed by atoms with Gasteiger partial charge in [-0.1, -0.05) is 36.4 Å². The molecule has 1 saturated heterocycles. The molecule has 2 amide bonds. The molecular weight excluding hydrogens is 390 g/mol. The summed E-state index contributed by atoms with van der Waals surface area (Å²) in [5, 5.41) is 1.10. The molecule has 0 bridgehead atoms. The van der Waals surface area contributed by atoms with E-state index < -0.39 is 5.54 Å². The van der Waals surface area contributed by atoms with E-state index in [2.05, 4.69) is 17.1 Å². The monoisotopic (exact) mass is 415 g/mol. The lowest BCUT2D eigenvalue weighted by atomic mass is 9.76. The summed E-state index contributed by atoms with van der Waals surface area (Å²) < 4.78 is 5.68. The highest BCUT2D eigenvalue weighted by Crippen LogP contribution is 2.50. The Balaban J connectivity index is 1.62. The predicted molar refractivity (Wildman–Crippen MR) is 117 cm³/mol. The number of piperazine rings is 1. The Morgan fingerprint density at radius 2 is 1.81 bits per heavy atom. The second-order valence-electron chi connectivity index (χ2n) is 8.99. The van der Waals surface area contributed by atoms with E-state index in [0.29, 0.717) is 6.54 Å². The summed E-state index contributed by atoms with van der Waals surface area (Å²) >= 11 is 0. The standard InChI is InChI=1S/C25H25N3O3/c1-25-23-22(17-8-3-5-9-19(17)26-23)18(16-7-4-6-10-20(16)31-2)13-28(25)21(29)14-27(24(25)30)15-11-12-15/h3-10,15,18,26H,11-14H2,1-2H3/t18-,25+/m0/s1. The lowest BCUT2D eigenvalue weighted by Gasteiger charge is -2.51. The minimum absolute atomic E-state index is 0.0122. The Labute approximate surface area is 180 Å². The van der Waals surface area contributed by atoms with Gasteiger partial charge in [-0.2, -0.15) is 0 Å². The average Bonchev–Trinajstić information content (AvgIpc) is 3.56. The SMILES string of the molecule is COc1ccccc1[C@@H]1CN2C(=O)CN(C3CC3)C(=O)[C@@]2(C)c2[nH]c3ccccc3c21. The molecule has 1 aromatic heterocycles. The first-order valence-electron chi connectivity index (χ1n) is 10.9. The van der Waals surface area contributed by atoms with Crippen LogP contribution in [0.25, 0.3) is 10.9 Å². The number of methoxy groups -OCH3 is 1. The Bertz CT molecular complexity index is 1230. The van der Waals surface area contributed by atoms with Crippen molar-refractivity contribution in [2.75, 3.05) is 20.2 Å². The van der Waals surface area contributed by atoms with E-state index in [1.807, 2.05) is 43.3 Å². The number of rotatable bonds is 3. The smallest absolute Gasteiger partial charge is 0.255 e. The number of ether oxygens (including phenoxy) is 1. The quantitative estimate of drug-likeness (QED) is 0.713. The number of hydrogen-bond donors (Lipinski definition) is 1. The second kappa shape index (κ2) is 6.36. The van der Waals surface area contributed by atoms with E-state index in [-0.39, 0.29) is 30.3 Å². The van der Waals surface area contributed by atoms with Gasteiger partial charge in [0, 0.05) is 35.0 Å². The van der Waals surface area contributed by atoms with Crippen molar-refractivity contribution in [3.8, 4) is 5.75 Å². The fourth-order valence-corrected chi connectivity index (χ4v) is 5.55. The van der Waals surface area contributed by atoms with Crippen LogP contribution in [0.1, 0.15) is 42.5 Å². The maximum atomic E-state index is 13.8. The fourth-order valence-electron chi connectivity index (χ4n) is 5.55. The normalized spacial score (nSPS) is 25.5. The summed E-state index contributed by atoms with van der Waals surface area (Å²) in [6, 6.07) is 16.3. The molecule has 6 heteroatoms. The van der Waals surface area contributed by atoms with Crippen LogP contribution in [-0.4, -0.2) is 52.8 Å². The summed E-state index contributed by atoms with van der Waals surface area (Å²) in [7, 11) is 1.67. The van der Waals surface area contributed by atoms with Crippen molar-refractivity contribution in [1.29, 1.82) is 0 Å². The van der Waals surface area contributed by atoms with Crippen molar-refractivity contribution in [2.45, 2.75) is 37.3 Å². The Morgan fingerprint density at radius 1 is 1.06 bits per heavy atom. The number of amides is 2. The molecule has 3 heterocycles. The number of carbonyl (C=O) groups is 2. The Morgan fingerprint density at radius 3 is 2.58 bits per heavy atom. The summed E-state index contributed by atoms with van der Waals surface area (Å²) in [5.41, 5.74) is 2.92. The third kappa shape index (κ3) is 2.44. The molecule has 2 fully saturated rings. The van der Waals surface area contributed by atoms with Crippen LogP contribution in [0.4, 0.5) is 0 Å². The van der Waals surface area contributed by atoms with Crippen LogP contribution in [0.2, 0.25) is 0 Å². The molecule has 6 rings (SSSR count). The molecule has 3 aromatic rings. The number of benzene rings is 2. The van der Waals surface area contributed by atoms with E-state index in [1.54, 1.807) is 16.9 Å². The van der Waals surface area contributed by atoms with Gasteiger partial charge in [0.05, 0.1) is 12.8 Å². The van der Waals surface area contributed by atoms with Crippen molar-refractivity contribution in [1.82, 2.24) is 14.8 Å². The van der Waals surface area contributed by atoms with E-state index in [0.717, 1.165) is 46.3 Å². The zero-order valence-corrected chi connectivity index (χ0v) is 17.7. The van der Waals surface area contributed by atoms with Crippen molar-refractivity contribution >= 4 is 22.7 Å². The number of nitrogens with zero attached hydrogens (tertiary/aromatic N) is 2. The predicted octanol–water partition coefficient (Wildman–Crippen LogP) is 3.37. The van der Waals surface area contributed by atoms with Crippen LogP contribution in [0.15, 0.2) is 48.5 Å². The van der Waals surface area contributed by atoms with Crippen LogP contribution < -0.4 is 4.74 Å². The summed E-state index contributed by atoms with van der Waals surface area (Å²) in [5.74, 6) is 0.751. The first kappa shape index (κ1) is 18.5. The van der Waals surface area contributed by atoms with Gasteiger partial charge in [-0.3, -0.25) is 9.59 Å². The van der Waals surface area contributed by atoms with Crippen LogP contribution >= 0.6 is 0 Å². The van der Waals surface area contributed by atoms with E-state index in [4.69, 9.17) is 4.74 Å². The number of para-hydroxylation sites is 2. The van der Waals surface area contributed by atoms with Crippen molar-refractivity contribution in [2.24, 2.45) is 0 Å². The number of nitrogens with one attached hydrogen (secondary N) is 1. The van der Waals surface area contributed by atoms with E-state index >= 15 is 0 Å². The molecule has 158 valence electrons. The molecule has 0 spiro atoms. The van der Waals surface area contributed by atoms with Gasteiger partial charge >= 0.3 is 0 Å². The van der Waals surface area contributed by atoms with Gasteiger partial charge in [0.25, 0.3) is 5.91 Å². The minimum atomic E-state index is -1.02. The van der Waals surface area contributed by atoms with E-state index in [9.17, 15) is 9.59 Å². The first-order valence-corrected chi connectivity index (χ1v) is 10.9. The molecule has 0 unspecified atom stereocenters. The molecule has 2 aliphatic heterocycles. The van der Waals surface area contributed by atoms with Gasteiger partial charge in [-0.15, -0.1) is 0 Å². The van der Waals surface area contributed by atoms with Crippen molar-refractivity contribution in [3.63, 3.8) is 0 Å². The topological polar surface area (TPSA) is 65.6 Å². The Hall–Kier alpha value is -3.28. The molecule has 0 radical (unpaired) electrons. The average molecular weight is 415 g/mol. The molecule has 2 aromatic carbocycles. The van der Waals surface area contributed by atoms with E-state index in [1.165, 1.54) is 0 Å². The zero-order chi connectivity index (χ0) is 21.3. The maximum absolute atomic E-state index is 13.8. The molecule has 1 aliphatic carbocycles. The number of hydrogen-bond acceptors (Lipinski definition) is 3. The molecule has 6 nitrogen and oxygen atoms in total. The van der Waals surface area contributed by atoms with Crippen molar-refractivity contribution < 1.29 is 14.3 Å². The zero-order valence-electron chi connectivity index (χ0n) is 17.7. The van der Waals surface area contributed by atoms with Gasteiger partial charge in [0.1, 0.15) is 12.3 Å². The third-order valence-corrected chi connectivity index (χ3v) is 7.27. The largest absolute Gasteiger partial charge is 0.496 e. The molecule has 2 atom stereocenters. The highest BCUT2D eigenvalue weighted by atomic mass is 16.5. The Kier molecular flexibility index (Phi) is 3.79. The van der Waals surface area contributed by atoms with Gasteiger partial charge < -0.3 is 19.5 Å². The molecule has 3 aliphatic rings. The van der Waals surface area contributed by atoms with Crippen molar-refractivity contribution in [3.05, 3.63) is 65.4 Å². The number of carbonyl (C=O) groups excluding carboxylic acids is 2. The second-order valence-corrected chi connectivity index (χ2v) is 8.99. The fraction of sp³-hybridized carbons (Fsp3) is 0.360. The number of aromatic nitrogens is 1. The summed E-state index contributed by atoms with van der Waals surface area (Å²) in [4.78, 5) is 34.3. The van der Waals surface area contributed by atoms with Gasteiger partial charge in [0.2, 0.25) is 5.91 Å². The number of fused-ring (bicyclic) bond motifs is 5. The third-order valence-electron chi connectivity index (χ3n) is 7.27. The molecule has 1 saturated carbocycles. The lowest BCUT2D eigenvalue weighted by Crippen LogP contribution is -2.67. The number of aromatic amines is 1. The van der Waals surface area contributed by atoms with Crippen LogP contribution in [0.5, 0.6) is 5.75 Å². The highest BCUT2D eigenvalue weighted by molar-refractivity contribution is 6.01. The van der Waals surface area contributed by atoms with Gasteiger partial charge in [0.15, 0.2) is 5.54 Å². The number of H-pyrrole nitrogens is 1. The summed E-state index contributed by atoms with van der Waals surface area (Å²) in [6.45, 7) is 2.54. The highest BCUT2D eigenvalue weighted by Gasteiger charge is 2.58. The first-order chi connectivity index (χ1) is 15.0. The van der Waals surface area contributed by atoms with Crippen LogP contribution in [-0.2, 0) is 15.1 Å². The van der Waals surface area contributed by atoms with Gasteiger partial charge in [-0.05, 0) is 37.5 Å². The lowest BCUT2D eigenvalue weighted by molar-refractivity contribution is -0.166. The maximum Gasteiger partial charge on any atom is 0.255 e. The van der Waals surface area contributed by atoms with Crippen LogP contribution in [0.3, 0.4) is 0 Å². The van der Waals surface area contributed by atoms with Gasteiger partial charge in [-0.25, -0.2) is 0 Å². The molecular formula is C25H25N3O3. The van der Waals surface area contributed by atoms with Crippen LogP contribution in [0, 0.1) is 0 Å². The summed E-state index contributed by atoms with van der Waals surface area (Å²) in [6.07, 6.45) is 1.97. The minimum Gasteiger partial charge on any atom is -0.496 e.